The summed E-state index contributed by atoms with van der Waals surface area (Å²) < 4.78 is 6.21. The topological polar surface area (TPSA) is 134 Å². The first-order valence-electron chi connectivity index (χ1n) is 17.7. The molecule has 4 saturated carbocycles. The van der Waals surface area contributed by atoms with Crippen molar-refractivity contribution >= 4 is 29.6 Å². The molecule has 4 aliphatic carbocycles. The summed E-state index contributed by atoms with van der Waals surface area (Å²) in [5.41, 5.74) is -0.329. The Morgan fingerprint density at radius 2 is 1.67 bits per heavy atom. The highest BCUT2D eigenvalue weighted by Gasteiger charge is 2.70. The maximum Gasteiger partial charge on any atom is 0.408 e. The van der Waals surface area contributed by atoms with Crippen LogP contribution in [-0.2, 0) is 23.9 Å². The number of ketones is 1. The molecule has 10 heteroatoms. The maximum absolute atomic E-state index is 14.5. The highest BCUT2D eigenvalue weighted by Crippen LogP contribution is 2.65. The smallest absolute Gasteiger partial charge is 0.408 e. The molecular weight excluding hydrogens is 584 g/mol. The predicted octanol–water partition coefficient (Wildman–Crippen LogP) is 4.52. The zero-order chi connectivity index (χ0) is 33.6. The summed E-state index contributed by atoms with van der Waals surface area (Å²) in [5.74, 6) is -1.62. The van der Waals surface area contributed by atoms with Gasteiger partial charge in [0.05, 0.1) is 6.04 Å². The normalized spacial score (nSPS) is 33.3. The number of fused-ring (bicyclic) bond motifs is 3. The van der Waals surface area contributed by atoms with E-state index in [4.69, 9.17) is 4.74 Å². The number of nitrogens with zero attached hydrogens (tertiary/aromatic N) is 1. The van der Waals surface area contributed by atoms with Gasteiger partial charge in [-0.05, 0) is 67.6 Å². The fourth-order valence-electron chi connectivity index (χ4n) is 9.88. The second-order valence-corrected chi connectivity index (χ2v) is 16.3. The van der Waals surface area contributed by atoms with Gasteiger partial charge < -0.3 is 25.6 Å². The van der Waals surface area contributed by atoms with Crippen LogP contribution < -0.4 is 16.0 Å². The second-order valence-electron chi connectivity index (χ2n) is 16.3. The van der Waals surface area contributed by atoms with E-state index in [1.54, 1.807) is 4.90 Å². The quantitative estimate of drug-likeness (QED) is 0.212. The Hall–Kier alpha value is -2.91. The SMILES string of the molecule is C=CCNC(=O)C(=O)C(CCC)NC(=O)[C@@H]1[C@@H]2C(CN1C(=O)[C@@H](NC(=O)OC1C3(C)CCC(C3)C1(C)C)C1CCCCC1)C2(C)C. The van der Waals surface area contributed by atoms with Crippen molar-refractivity contribution in [2.45, 2.75) is 130 Å². The van der Waals surface area contributed by atoms with Gasteiger partial charge in [-0.15, -0.1) is 6.58 Å². The number of amides is 4. The van der Waals surface area contributed by atoms with Gasteiger partial charge in [0.15, 0.2) is 0 Å². The van der Waals surface area contributed by atoms with E-state index in [-0.39, 0.29) is 52.6 Å². The Balaban J connectivity index is 1.35. The van der Waals surface area contributed by atoms with Crippen LogP contribution in [0, 0.1) is 39.9 Å². The third-order valence-electron chi connectivity index (χ3n) is 12.6. The van der Waals surface area contributed by atoms with Crippen LogP contribution in [-0.4, -0.2) is 71.8 Å². The Morgan fingerprint density at radius 3 is 2.28 bits per heavy atom. The Morgan fingerprint density at radius 1 is 0.978 bits per heavy atom. The Kier molecular flexibility index (Phi) is 9.69. The molecule has 46 heavy (non-hydrogen) atoms. The van der Waals surface area contributed by atoms with Crippen LogP contribution in [0.1, 0.15) is 106 Å². The largest absolute Gasteiger partial charge is 0.445 e. The molecule has 0 radical (unpaired) electrons. The van der Waals surface area contributed by atoms with Gasteiger partial charge >= 0.3 is 6.09 Å². The average molecular weight is 641 g/mol. The number of carbonyl (C=O) groups excluding carboxylic acids is 5. The van der Waals surface area contributed by atoms with Gasteiger partial charge in [-0.2, -0.15) is 0 Å². The number of alkyl carbamates (subject to hydrolysis) is 1. The zero-order valence-corrected chi connectivity index (χ0v) is 28.8. The lowest BCUT2D eigenvalue weighted by Gasteiger charge is -2.42. The summed E-state index contributed by atoms with van der Waals surface area (Å²) in [6.07, 6.45) is 9.53. The molecule has 1 aliphatic heterocycles. The first-order chi connectivity index (χ1) is 21.7. The van der Waals surface area contributed by atoms with E-state index in [9.17, 15) is 24.0 Å². The van der Waals surface area contributed by atoms with E-state index in [1.165, 1.54) is 6.08 Å². The fraction of sp³-hybridized carbons (Fsp3) is 0.806. The van der Waals surface area contributed by atoms with E-state index in [1.807, 2.05) is 6.92 Å². The monoisotopic (exact) mass is 640 g/mol. The second kappa shape index (κ2) is 12.9. The van der Waals surface area contributed by atoms with Crippen molar-refractivity contribution < 1.29 is 28.7 Å². The highest BCUT2D eigenvalue weighted by molar-refractivity contribution is 6.38. The van der Waals surface area contributed by atoms with E-state index in [0.717, 1.165) is 51.4 Å². The molecule has 8 atom stereocenters. The zero-order valence-electron chi connectivity index (χ0n) is 28.8. The molecular formula is C36H56N4O6. The molecule has 0 aromatic carbocycles. The molecule has 2 bridgehead atoms. The lowest BCUT2D eigenvalue weighted by molar-refractivity contribution is -0.145. The van der Waals surface area contributed by atoms with Crippen LogP contribution >= 0.6 is 0 Å². The lowest BCUT2D eigenvalue weighted by Crippen LogP contribution is -2.60. The minimum atomic E-state index is -0.992. The summed E-state index contributed by atoms with van der Waals surface area (Å²) in [5, 5.41) is 8.39. The van der Waals surface area contributed by atoms with E-state index in [0.29, 0.717) is 25.3 Å². The molecule has 1 saturated heterocycles. The van der Waals surface area contributed by atoms with Gasteiger partial charge in [0.2, 0.25) is 17.6 Å². The van der Waals surface area contributed by atoms with Crippen molar-refractivity contribution in [1.29, 1.82) is 0 Å². The third-order valence-corrected chi connectivity index (χ3v) is 12.6. The molecule has 5 aliphatic rings. The molecule has 1 heterocycles. The van der Waals surface area contributed by atoms with E-state index in [2.05, 4.69) is 57.1 Å². The number of Topliss-reactive ketones (excluding diaryl/α,β-unsaturated/α-hetero) is 1. The number of likely N-dealkylation sites (tertiary alicyclic amines) is 1. The average Bonchev–Trinajstić information content (AvgIpc) is 3.40. The van der Waals surface area contributed by atoms with Gasteiger partial charge in [-0.3, -0.25) is 19.2 Å². The molecule has 5 rings (SSSR count). The molecule has 3 N–H and O–H groups in total. The van der Waals surface area contributed by atoms with Gasteiger partial charge in [-0.1, -0.05) is 73.3 Å². The molecule has 256 valence electrons. The number of carbonyl (C=O) groups is 5. The van der Waals surface area contributed by atoms with Crippen molar-refractivity contribution in [3.05, 3.63) is 12.7 Å². The number of ether oxygens (including phenoxy) is 1. The molecule has 5 unspecified atom stereocenters. The van der Waals surface area contributed by atoms with E-state index >= 15 is 0 Å². The summed E-state index contributed by atoms with van der Waals surface area (Å²) in [4.78, 5) is 69.3. The molecule has 0 aromatic rings. The number of rotatable bonds is 12. The van der Waals surface area contributed by atoms with Crippen LogP contribution in [0.5, 0.6) is 0 Å². The molecule has 0 spiro atoms. The van der Waals surface area contributed by atoms with Crippen molar-refractivity contribution in [3.8, 4) is 0 Å². The van der Waals surface area contributed by atoms with Crippen molar-refractivity contribution in [1.82, 2.24) is 20.9 Å². The van der Waals surface area contributed by atoms with E-state index < -0.39 is 41.8 Å². The molecule has 5 fully saturated rings. The Bertz CT molecular complexity index is 1240. The van der Waals surface area contributed by atoms with Crippen LogP contribution in [0.15, 0.2) is 12.7 Å². The lowest BCUT2D eigenvalue weighted by atomic mass is 9.70. The Labute approximate surface area is 274 Å². The van der Waals surface area contributed by atoms with Crippen LogP contribution in [0.4, 0.5) is 4.79 Å². The number of hydrogen-bond donors (Lipinski definition) is 3. The fourth-order valence-corrected chi connectivity index (χ4v) is 9.88. The number of nitrogens with one attached hydrogen (secondary N) is 3. The highest BCUT2D eigenvalue weighted by atomic mass is 16.6. The van der Waals surface area contributed by atoms with Gasteiger partial charge in [0, 0.05) is 23.9 Å². The van der Waals surface area contributed by atoms with Gasteiger partial charge in [0.25, 0.3) is 5.91 Å². The van der Waals surface area contributed by atoms with Crippen LogP contribution in [0.25, 0.3) is 0 Å². The minimum Gasteiger partial charge on any atom is -0.445 e. The first-order valence-corrected chi connectivity index (χ1v) is 17.7. The van der Waals surface area contributed by atoms with Crippen LogP contribution in [0.3, 0.4) is 0 Å². The summed E-state index contributed by atoms with van der Waals surface area (Å²) in [7, 11) is 0. The molecule has 0 aromatic heterocycles. The standard InChI is InChI=1S/C36H56N4O6/c1-8-13-24(28(41)30(43)37-18-9-2)38-29(42)27-25-23(35(25,5)6)20-40(27)31(44)26(21-14-11-10-12-15-21)39-33(45)46-32-34(3,4)22-16-17-36(32,7)19-22/h9,21-27,32H,2,8,10-20H2,1,3-7H3,(H,37,43)(H,38,42)(H,39,45)/t22?,23?,24?,25-,26-,27-,32?,36?/m0/s1. The molecule has 4 amide bonds. The predicted molar refractivity (Wildman–Crippen MR) is 174 cm³/mol. The third kappa shape index (κ3) is 6.21. The maximum atomic E-state index is 14.5. The summed E-state index contributed by atoms with van der Waals surface area (Å²) >= 11 is 0. The number of hydrogen-bond acceptors (Lipinski definition) is 6. The molecule has 10 nitrogen and oxygen atoms in total. The number of piperidine rings is 1. The van der Waals surface area contributed by atoms with Crippen molar-refractivity contribution in [2.24, 2.45) is 39.9 Å². The van der Waals surface area contributed by atoms with Gasteiger partial charge in [-0.25, -0.2) is 4.79 Å². The minimum absolute atomic E-state index is 0.0472. The van der Waals surface area contributed by atoms with Crippen molar-refractivity contribution in [2.75, 3.05) is 13.1 Å². The summed E-state index contributed by atoms with van der Waals surface area (Å²) in [6, 6.07) is -2.58. The summed E-state index contributed by atoms with van der Waals surface area (Å²) in [6.45, 7) is 16.8. The van der Waals surface area contributed by atoms with Gasteiger partial charge in [0.1, 0.15) is 18.2 Å². The first kappa shape index (κ1) is 34.4. The van der Waals surface area contributed by atoms with Crippen molar-refractivity contribution in [3.63, 3.8) is 0 Å². The van der Waals surface area contributed by atoms with Crippen LogP contribution in [0.2, 0.25) is 0 Å².